The van der Waals surface area contributed by atoms with Crippen LogP contribution < -0.4 is 0 Å². The summed E-state index contributed by atoms with van der Waals surface area (Å²) in [5.41, 5.74) is 0. The lowest BCUT2D eigenvalue weighted by Gasteiger charge is -2.33. The molecule has 0 bridgehead atoms. The van der Waals surface area contributed by atoms with Crippen LogP contribution in [0.4, 0.5) is 0 Å². The topological polar surface area (TPSA) is 70.6 Å². The van der Waals surface area contributed by atoms with Crippen molar-refractivity contribution in [3.63, 3.8) is 0 Å². The van der Waals surface area contributed by atoms with Crippen LogP contribution in [0.25, 0.3) is 0 Å². The number of sulfonamides is 1. The molecule has 3 heterocycles. The lowest BCUT2D eigenvalue weighted by molar-refractivity contribution is 0.0702. The van der Waals surface area contributed by atoms with Crippen molar-refractivity contribution in [2.75, 3.05) is 26.2 Å². The van der Waals surface area contributed by atoms with Gasteiger partial charge in [0, 0.05) is 32.1 Å². The van der Waals surface area contributed by atoms with Crippen molar-refractivity contribution in [1.29, 1.82) is 0 Å². The summed E-state index contributed by atoms with van der Waals surface area (Å²) in [6.45, 7) is 1.34. The highest BCUT2D eigenvalue weighted by Crippen LogP contribution is 2.41. The van der Waals surface area contributed by atoms with Crippen LogP contribution in [-0.2, 0) is 10.0 Å². The van der Waals surface area contributed by atoms with Crippen molar-refractivity contribution in [3.8, 4) is 0 Å². The minimum atomic E-state index is -3.53. The molecule has 0 N–H and O–H groups in total. The van der Waals surface area contributed by atoms with Crippen molar-refractivity contribution >= 4 is 50.2 Å². The predicted molar refractivity (Wildman–Crippen MR) is 98.1 cm³/mol. The zero-order chi connectivity index (χ0) is 17.6. The van der Waals surface area contributed by atoms with Gasteiger partial charge in [0.1, 0.15) is 9.09 Å². The Kier molecular flexibility index (Phi) is 4.61. The third kappa shape index (κ3) is 3.48. The van der Waals surface area contributed by atoms with E-state index in [1.165, 1.54) is 21.7 Å². The summed E-state index contributed by atoms with van der Waals surface area (Å²) in [5, 5.41) is 1.04. The molecule has 2 fully saturated rings. The molecule has 0 aromatic carbocycles. The Morgan fingerprint density at radius 3 is 2.48 bits per heavy atom. The second kappa shape index (κ2) is 6.62. The van der Waals surface area contributed by atoms with Crippen LogP contribution in [0.5, 0.6) is 0 Å². The highest BCUT2D eigenvalue weighted by molar-refractivity contribution is 7.91. The molecule has 0 spiro atoms. The van der Waals surface area contributed by atoms with Crippen molar-refractivity contribution in [2.24, 2.45) is 0 Å². The van der Waals surface area contributed by atoms with E-state index in [0.29, 0.717) is 28.2 Å². The first kappa shape index (κ1) is 17.4. The van der Waals surface area contributed by atoms with E-state index in [1.807, 2.05) is 0 Å². The molecule has 0 radical (unpaired) electrons. The maximum absolute atomic E-state index is 12.6. The summed E-state index contributed by atoms with van der Waals surface area (Å²) < 4.78 is 27.3. The molecule has 1 saturated carbocycles. The number of hydrogen-bond acceptors (Lipinski definition) is 6. The second-order valence-corrected chi connectivity index (χ2v) is 11.0. The molecule has 4 rings (SSSR count). The number of piperazine rings is 1. The Balaban J connectivity index is 1.41. The molecule has 1 aliphatic heterocycles. The van der Waals surface area contributed by atoms with Crippen LogP contribution in [0.2, 0.25) is 4.34 Å². The average molecular weight is 418 g/mol. The Bertz CT molecular complexity index is 896. The van der Waals surface area contributed by atoms with Crippen molar-refractivity contribution in [3.05, 3.63) is 32.6 Å². The highest BCUT2D eigenvalue weighted by Gasteiger charge is 2.33. The summed E-state index contributed by atoms with van der Waals surface area (Å²) in [6, 6.07) is 3.11. The lowest BCUT2D eigenvalue weighted by atomic mass is 10.3. The predicted octanol–water partition coefficient (Wildman–Crippen LogP) is 2.88. The van der Waals surface area contributed by atoms with Gasteiger partial charge in [0.15, 0.2) is 0 Å². The fraction of sp³-hybridized carbons (Fsp3) is 0.467. The number of amides is 1. The Morgan fingerprint density at radius 2 is 1.88 bits per heavy atom. The lowest BCUT2D eigenvalue weighted by Crippen LogP contribution is -2.50. The number of hydrogen-bond donors (Lipinski definition) is 0. The first-order valence-electron chi connectivity index (χ1n) is 7.95. The summed E-state index contributed by atoms with van der Waals surface area (Å²) in [6.07, 6.45) is 3.96. The molecule has 1 aliphatic carbocycles. The standard InChI is InChI=1S/C15H16ClN3O3S3/c16-12-3-4-13(24-12)25(21,22)19-7-5-18(6-8-19)15(20)11-9-17-14(23-11)10-1-2-10/h3-4,9-10H,1-2,5-8H2. The summed E-state index contributed by atoms with van der Waals surface area (Å²) >= 11 is 8.36. The highest BCUT2D eigenvalue weighted by atomic mass is 35.5. The van der Waals surface area contributed by atoms with Gasteiger partial charge in [-0.25, -0.2) is 13.4 Å². The van der Waals surface area contributed by atoms with E-state index in [4.69, 9.17) is 11.6 Å². The molecule has 25 heavy (non-hydrogen) atoms. The molecule has 0 atom stereocenters. The number of carbonyl (C=O) groups is 1. The Labute approximate surface area is 159 Å². The third-order valence-corrected chi connectivity index (χ3v) is 9.07. The summed E-state index contributed by atoms with van der Waals surface area (Å²) in [4.78, 5) is 19.3. The zero-order valence-electron chi connectivity index (χ0n) is 13.2. The summed E-state index contributed by atoms with van der Waals surface area (Å²) in [7, 11) is -3.53. The van der Waals surface area contributed by atoms with Crippen LogP contribution in [0.3, 0.4) is 0 Å². The van der Waals surface area contributed by atoms with Gasteiger partial charge in [-0.1, -0.05) is 11.6 Å². The minimum absolute atomic E-state index is 0.0550. The van der Waals surface area contributed by atoms with Crippen LogP contribution in [0.1, 0.15) is 33.4 Å². The largest absolute Gasteiger partial charge is 0.335 e. The summed E-state index contributed by atoms with van der Waals surface area (Å²) in [5.74, 6) is 0.478. The molecule has 1 amide bonds. The zero-order valence-corrected chi connectivity index (χ0v) is 16.4. The van der Waals surface area contributed by atoms with Gasteiger partial charge in [0.05, 0.1) is 15.5 Å². The van der Waals surface area contributed by atoms with Gasteiger partial charge in [-0.2, -0.15) is 4.31 Å². The van der Waals surface area contributed by atoms with Gasteiger partial charge in [0.25, 0.3) is 15.9 Å². The molecule has 0 unspecified atom stereocenters. The maximum Gasteiger partial charge on any atom is 0.265 e. The fourth-order valence-corrected chi connectivity index (χ4v) is 6.87. The van der Waals surface area contributed by atoms with E-state index < -0.39 is 10.0 Å². The van der Waals surface area contributed by atoms with Crippen LogP contribution in [0, 0.1) is 0 Å². The quantitative estimate of drug-likeness (QED) is 0.766. The molecule has 2 aliphatic rings. The molecule has 10 heteroatoms. The van der Waals surface area contributed by atoms with Gasteiger partial charge in [0.2, 0.25) is 0 Å². The third-order valence-electron chi connectivity index (χ3n) is 4.33. The number of halogens is 1. The minimum Gasteiger partial charge on any atom is -0.335 e. The number of aromatic nitrogens is 1. The van der Waals surface area contributed by atoms with Crippen LogP contribution in [0.15, 0.2) is 22.5 Å². The number of nitrogens with zero attached hydrogens (tertiary/aromatic N) is 3. The normalized spacial score (nSPS) is 19.3. The van der Waals surface area contributed by atoms with Crippen molar-refractivity contribution < 1.29 is 13.2 Å². The Hall–Kier alpha value is -1.000. The molecular formula is C15H16ClN3O3S3. The van der Waals surface area contributed by atoms with Gasteiger partial charge < -0.3 is 4.90 Å². The first-order valence-corrected chi connectivity index (χ1v) is 11.4. The van der Waals surface area contributed by atoms with E-state index in [1.54, 1.807) is 17.2 Å². The van der Waals surface area contributed by atoms with Gasteiger partial charge in [-0.15, -0.1) is 22.7 Å². The van der Waals surface area contributed by atoms with Gasteiger partial charge in [-0.3, -0.25) is 4.79 Å². The molecule has 134 valence electrons. The van der Waals surface area contributed by atoms with E-state index >= 15 is 0 Å². The Morgan fingerprint density at radius 1 is 1.16 bits per heavy atom. The van der Waals surface area contributed by atoms with Crippen molar-refractivity contribution in [1.82, 2.24) is 14.2 Å². The SMILES string of the molecule is O=C(c1cnc(C2CC2)s1)N1CCN(S(=O)(=O)c2ccc(Cl)s2)CC1. The number of carbonyl (C=O) groups excluding carboxylic acids is 1. The van der Waals surface area contributed by atoms with Gasteiger partial charge in [-0.05, 0) is 25.0 Å². The molecule has 6 nitrogen and oxygen atoms in total. The van der Waals surface area contributed by atoms with E-state index in [0.717, 1.165) is 29.2 Å². The molecular weight excluding hydrogens is 402 g/mol. The maximum atomic E-state index is 12.6. The van der Waals surface area contributed by atoms with Crippen LogP contribution in [-0.4, -0.2) is 54.7 Å². The van der Waals surface area contributed by atoms with E-state index in [-0.39, 0.29) is 23.2 Å². The molecule has 2 aromatic rings. The number of thiophene rings is 1. The van der Waals surface area contributed by atoms with Crippen molar-refractivity contribution in [2.45, 2.75) is 23.0 Å². The monoisotopic (exact) mass is 417 g/mol. The smallest absolute Gasteiger partial charge is 0.265 e. The second-order valence-electron chi connectivity index (χ2n) is 6.09. The van der Waals surface area contributed by atoms with Crippen LogP contribution >= 0.6 is 34.3 Å². The fourth-order valence-electron chi connectivity index (χ4n) is 2.76. The molecule has 2 aromatic heterocycles. The number of thiazole rings is 1. The first-order chi connectivity index (χ1) is 11.9. The van der Waals surface area contributed by atoms with E-state index in [2.05, 4.69) is 4.98 Å². The number of rotatable bonds is 4. The van der Waals surface area contributed by atoms with Gasteiger partial charge >= 0.3 is 0 Å². The average Bonchev–Trinajstić information content (AvgIpc) is 3.16. The molecule has 1 saturated heterocycles. The van der Waals surface area contributed by atoms with E-state index in [9.17, 15) is 13.2 Å².